The molecule has 30 heavy (non-hydrogen) atoms. The number of piperazine rings is 1. The predicted octanol–water partition coefficient (Wildman–Crippen LogP) is 2.38. The second-order valence-electron chi connectivity index (χ2n) is 6.81. The number of hydrogen-bond donors (Lipinski definition) is 1. The molecule has 0 spiro atoms. The molecule has 0 aliphatic carbocycles. The van der Waals surface area contributed by atoms with Gasteiger partial charge in [0.1, 0.15) is 11.6 Å². The Morgan fingerprint density at radius 2 is 1.67 bits per heavy atom. The van der Waals surface area contributed by atoms with Gasteiger partial charge < -0.3 is 19.7 Å². The summed E-state index contributed by atoms with van der Waals surface area (Å²) in [4.78, 5) is 28.5. The molecule has 1 heterocycles. The van der Waals surface area contributed by atoms with Crippen LogP contribution in [-0.4, -0.2) is 68.6 Å². The van der Waals surface area contributed by atoms with Crippen LogP contribution in [0.2, 0.25) is 0 Å². The number of halogens is 2. The number of nitrogens with zero attached hydrogens (tertiary/aromatic N) is 2. The first kappa shape index (κ1) is 21.5. The van der Waals surface area contributed by atoms with E-state index in [0.717, 1.165) is 18.2 Å². The highest BCUT2D eigenvalue weighted by Gasteiger charge is 2.24. The van der Waals surface area contributed by atoms with E-state index in [1.54, 1.807) is 23.1 Å². The summed E-state index contributed by atoms with van der Waals surface area (Å²) in [6, 6.07) is 7.87. The van der Waals surface area contributed by atoms with Gasteiger partial charge in [0.25, 0.3) is 5.91 Å². The van der Waals surface area contributed by atoms with Gasteiger partial charge in [0.15, 0.2) is 11.5 Å². The molecule has 2 aromatic rings. The molecule has 1 saturated heterocycles. The third-order valence-corrected chi connectivity index (χ3v) is 4.86. The van der Waals surface area contributed by atoms with Crippen molar-refractivity contribution in [2.45, 2.75) is 0 Å². The molecule has 2 aromatic carbocycles. The van der Waals surface area contributed by atoms with Gasteiger partial charge in [0, 0.05) is 37.8 Å². The summed E-state index contributed by atoms with van der Waals surface area (Å²) in [5.41, 5.74) is 0.294. The van der Waals surface area contributed by atoms with Crippen molar-refractivity contribution in [3.05, 3.63) is 53.6 Å². The van der Waals surface area contributed by atoms with Gasteiger partial charge in [-0.05, 0) is 30.3 Å². The van der Waals surface area contributed by atoms with Crippen LogP contribution in [0.1, 0.15) is 10.4 Å². The van der Waals surface area contributed by atoms with Crippen molar-refractivity contribution in [2.75, 3.05) is 52.3 Å². The predicted molar refractivity (Wildman–Crippen MR) is 107 cm³/mol. The zero-order chi connectivity index (χ0) is 21.7. The Hall–Kier alpha value is -3.20. The fourth-order valence-electron chi connectivity index (χ4n) is 3.25. The molecule has 0 saturated carbocycles. The minimum absolute atomic E-state index is 0.0222. The quantitative estimate of drug-likeness (QED) is 0.779. The molecule has 0 radical (unpaired) electrons. The van der Waals surface area contributed by atoms with Gasteiger partial charge >= 0.3 is 0 Å². The number of benzene rings is 2. The summed E-state index contributed by atoms with van der Waals surface area (Å²) >= 11 is 0. The lowest BCUT2D eigenvalue weighted by molar-refractivity contribution is -0.117. The van der Waals surface area contributed by atoms with Crippen LogP contribution in [0.4, 0.5) is 14.5 Å². The Labute approximate surface area is 173 Å². The number of ether oxygens (including phenoxy) is 2. The van der Waals surface area contributed by atoms with Crippen molar-refractivity contribution in [2.24, 2.45) is 0 Å². The molecule has 160 valence electrons. The van der Waals surface area contributed by atoms with Crippen LogP contribution in [0.15, 0.2) is 36.4 Å². The normalized spacial score (nSPS) is 14.3. The van der Waals surface area contributed by atoms with E-state index >= 15 is 0 Å². The van der Waals surface area contributed by atoms with Crippen LogP contribution < -0.4 is 14.8 Å². The van der Waals surface area contributed by atoms with Crippen molar-refractivity contribution in [3.63, 3.8) is 0 Å². The van der Waals surface area contributed by atoms with Crippen LogP contribution in [0.5, 0.6) is 11.5 Å². The van der Waals surface area contributed by atoms with Crippen molar-refractivity contribution in [3.8, 4) is 11.5 Å². The fraction of sp³-hybridized carbons (Fsp3) is 0.333. The molecular weight excluding hydrogens is 396 g/mol. The molecule has 1 aliphatic heterocycles. The van der Waals surface area contributed by atoms with E-state index in [9.17, 15) is 18.4 Å². The zero-order valence-corrected chi connectivity index (χ0v) is 16.8. The first-order valence-corrected chi connectivity index (χ1v) is 9.40. The minimum atomic E-state index is -0.699. The molecule has 0 atom stereocenters. The van der Waals surface area contributed by atoms with Crippen LogP contribution in [0.3, 0.4) is 0 Å². The average Bonchev–Trinajstić information content (AvgIpc) is 2.75. The Morgan fingerprint density at radius 3 is 2.33 bits per heavy atom. The Morgan fingerprint density at radius 1 is 0.967 bits per heavy atom. The maximum atomic E-state index is 13.7. The van der Waals surface area contributed by atoms with Crippen LogP contribution >= 0.6 is 0 Å². The van der Waals surface area contributed by atoms with E-state index in [1.807, 2.05) is 4.90 Å². The zero-order valence-electron chi connectivity index (χ0n) is 16.8. The van der Waals surface area contributed by atoms with Crippen molar-refractivity contribution < 1.29 is 27.8 Å². The first-order chi connectivity index (χ1) is 14.4. The summed E-state index contributed by atoms with van der Waals surface area (Å²) in [6.45, 7) is 1.87. The monoisotopic (exact) mass is 419 g/mol. The average molecular weight is 419 g/mol. The highest BCUT2D eigenvalue weighted by atomic mass is 19.1. The molecule has 1 N–H and O–H groups in total. The lowest BCUT2D eigenvalue weighted by Gasteiger charge is -2.34. The van der Waals surface area contributed by atoms with Gasteiger partial charge in [-0.1, -0.05) is 0 Å². The largest absolute Gasteiger partial charge is 0.493 e. The standard InChI is InChI=1S/C21H23F2N3O4/c1-29-18-6-3-14(11-19(18)30-2)21(28)26-9-7-25(8-10-26)13-20(27)24-17-12-15(22)4-5-16(17)23/h3-6,11-12H,7-10,13H2,1-2H3,(H,24,27). The molecule has 1 aliphatic rings. The summed E-state index contributed by atoms with van der Waals surface area (Å²) in [5.74, 6) is -0.895. The van der Waals surface area contributed by atoms with E-state index in [1.165, 1.54) is 14.2 Å². The molecule has 7 nitrogen and oxygen atoms in total. The Bertz CT molecular complexity index is 930. The first-order valence-electron chi connectivity index (χ1n) is 9.40. The minimum Gasteiger partial charge on any atom is -0.493 e. The van der Waals surface area contributed by atoms with Crippen molar-refractivity contribution >= 4 is 17.5 Å². The van der Waals surface area contributed by atoms with Crippen molar-refractivity contribution in [1.29, 1.82) is 0 Å². The number of amides is 2. The molecule has 3 rings (SSSR count). The van der Waals surface area contributed by atoms with Gasteiger partial charge in [-0.2, -0.15) is 0 Å². The van der Waals surface area contributed by atoms with Crippen LogP contribution in [-0.2, 0) is 4.79 Å². The van der Waals surface area contributed by atoms with Gasteiger partial charge in [0.2, 0.25) is 5.91 Å². The number of carbonyl (C=O) groups excluding carboxylic acids is 2. The van der Waals surface area contributed by atoms with Crippen molar-refractivity contribution in [1.82, 2.24) is 9.80 Å². The molecule has 1 fully saturated rings. The summed E-state index contributed by atoms with van der Waals surface area (Å²) in [7, 11) is 3.03. The lowest BCUT2D eigenvalue weighted by Crippen LogP contribution is -2.50. The summed E-state index contributed by atoms with van der Waals surface area (Å²) < 4.78 is 37.3. The molecule has 0 unspecified atom stereocenters. The third kappa shape index (κ3) is 5.04. The van der Waals surface area contributed by atoms with E-state index in [0.29, 0.717) is 43.2 Å². The second-order valence-corrected chi connectivity index (χ2v) is 6.81. The third-order valence-electron chi connectivity index (χ3n) is 4.86. The van der Waals surface area contributed by atoms with Gasteiger partial charge in [0.05, 0.1) is 26.5 Å². The van der Waals surface area contributed by atoms with Gasteiger partial charge in [-0.25, -0.2) is 8.78 Å². The molecule has 0 aromatic heterocycles. The van der Waals surface area contributed by atoms with E-state index in [-0.39, 0.29) is 18.1 Å². The van der Waals surface area contributed by atoms with E-state index in [2.05, 4.69) is 5.32 Å². The van der Waals surface area contributed by atoms with Crippen LogP contribution in [0, 0.1) is 11.6 Å². The smallest absolute Gasteiger partial charge is 0.254 e. The van der Waals surface area contributed by atoms with E-state index < -0.39 is 17.5 Å². The highest BCUT2D eigenvalue weighted by molar-refractivity contribution is 5.95. The Balaban J connectivity index is 1.53. The van der Waals surface area contributed by atoms with Gasteiger partial charge in [-0.15, -0.1) is 0 Å². The molecule has 9 heteroatoms. The number of carbonyl (C=O) groups is 2. The summed E-state index contributed by atoms with van der Waals surface area (Å²) in [5, 5.41) is 2.38. The van der Waals surface area contributed by atoms with Crippen LogP contribution in [0.25, 0.3) is 0 Å². The van der Waals surface area contributed by atoms with Gasteiger partial charge in [-0.3, -0.25) is 14.5 Å². The fourth-order valence-corrected chi connectivity index (χ4v) is 3.25. The lowest BCUT2D eigenvalue weighted by atomic mass is 10.1. The number of hydrogen-bond acceptors (Lipinski definition) is 5. The molecule has 0 bridgehead atoms. The Kier molecular flexibility index (Phi) is 6.83. The SMILES string of the molecule is COc1ccc(C(=O)N2CCN(CC(=O)Nc3cc(F)ccc3F)CC2)cc1OC. The summed E-state index contributed by atoms with van der Waals surface area (Å²) in [6.07, 6.45) is 0. The maximum Gasteiger partial charge on any atom is 0.254 e. The molecule has 2 amide bonds. The topological polar surface area (TPSA) is 71.1 Å². The van der Waals surface area contributed by atoms with E-state index in [4.69, 9.17) is 9.47 Å². The number of anilines is 1. The number of rotatable bonds is 6. The maximum absolute atomic E-state index is 13.7. The highest BCUT2D eigenvalue weighted by Crippen LogP contribution is 2.28. The molecular formula is C21H23F2N3O4. The number of methoxy groups -OCH3 is 2. The second kappa shape index (κ2) is 9.53. The number of nitrogens with one attached hydrogen (secondary N) is 1.